The maximum absolute atomic E-state index is 13.3. The number of carbonyl (C=O) groups is 1. The highest BCUT2D eigenvalue weighted by Crippen LogP contribution is 2.25. The Kier molecular flexibility index (Phi) is 4.48. The smallest absolute Gasteiger partial charge is 0.274 e. The minimum atomic E-state index is -0.312. The quantitative estimate of drug-likeness (QED) is 0.724. The predicted molar refractivity (Wildman–Crippen MR) is 96.5 cm³/mol. The minimum Gasteiger partial charge on any atom is -0.337 e. The van der Waals surface area contributed by atoms with Crippen molar-refractivity contribution in [3.05, 3.63) is 66.4 Å². The molecular formula is C20H19FN4O. The van der Waals surface area contributed by atoms with Crippen LogP contribution in [0.15, 0.2) is 54.9 Å². The van der Waals surface area contributed by atoms with Crippen LogP contribution in [0.1, 0.15) is 29.8 Å². The second kappa shape index (κ2) is 7.07. The van der Waals surface area contributed by atoms with E-state index in [9.17, 15) is 9.18 Å². The molecule has 1 aliphatic rings. The summed E-state index contributed by atoms with van der Waals surface area (Å²) >= 11 is 0. The highest BCUT2D eigenvalue weighted by molar-refractivity contribution is 5.93. The fraction of sp³-hybridized carbons (Fsp3) is 0.250. The Morgan fingerprint density at radius 3 is 2.50 bits per heavy atom. The molecular weight excluding hydrogens is 331 g/mol. The molecule has 6 heteroatoms. The molecule has 0 N–H and O–H groups in total. The molecule has 1 amide bonds. The monoisotopic (exact) mass is 350 g/mol. The zero-order valence-corrected chi connectivity index (χ0v) is 14.3. The van der Waals surface area contributed by atoms with Gasteiger partial charge in [0.2, 0.25) is 0 Å². The van der Waals surface area contributed by atoms with E-state index in [1.807, 2.05) is 17.0 Å². The van der Waals surface area contributed by atoms with Crippen LogP contribution in [0.3, 0.4) is 0 Å². The summed E-state index contributed by atoms with van der Waals surface area (Å²) in [6.45, 7) is 1.54. The van der Waals surface area contributed by atoms with E-state index in [2.05, 4.69) is 10.1 Å². The second-order valence-corrected chi connectivity index (χ2v) is 6.40. The number of halogens is 1. The van der Waals surface area contributed by atoms with Gasteiger partial charge in [0.1, 0.15) is 5.82 Å². The fourth-order valence-corrected chi connectivity index (χ4v) is 3.24. The molecule has 0 atom stereocenters. The van der Waals surface area contributed by atoms with E-state index < -0.39 is 0 Å². The van der Waals surface area contributed by atoms with Crippen molar-refractivity contribution in [3.8, 4) is 16.9 Å². The van der Waals surface area contributed by atoms with Crippen molar-refractivity contribution in [2.24, 2.45) is 0 Å². The normalized spacial score (nSPS) is 14.4. The molecule has 26 heavy (non-hydrogen) atoms. The molecule has 5 nitrogen and oxygen atoms in total. The summed E-state index contributed by atoms with van der Waals surface area (Å²) in [7, 11) is 0. The van der Waals surface area contributed by atoms with E-state index in [0.29, 0.717) is 11.4 Å². The van der Waals surface area contributed by atoms with Gasteiger partial charge in [-0.2, -0.15) is 5.10 Å². The number of carbonyl (C=O) groups excluding carboxylic acids is 1. The van der Waals surface area contributed by atoms with Crippen LogP contribution in [-0.2, 0) is 0 Å². The highest BCUT2D eigenvalue weighted by atomic mass is 19.1. The molecule has 2 aromatic heterocycles. The average Bonchev–Trinajstić information content (AvgIpc) is 3.15. The third kappa shape index (κ3) is 3.22. The maximum atomic E-state index is 13.3. The lowest BCUT2D eigenvalue weighted by Gasteiger charge is -2.25. The van der Waals surface area contributed by atoms with Crippen molar-refractivity contribution in [2.75, 3.05) is 13.1 Å². The van der Waals surface area contributed by atoms with Gasteiger partial charge in [0.25, 0.3) is 5.91 Å². The first kappa shape index (κ1) is 16.4. The lowest BCUT2D eigenvalue weighted by atomic mass is 10.1. The van der Waals surface area contributed by atoms with Crippen LogP contribution < -0.4 is 0 Å². The van der Waals surface area contributed by atoms with Crippen molar-refractivity contribution in [3.63, 3.8) is 0 Å². The standard InChI is InChI=1S/C20H19FN4O/c21-16-6-8-17(9-7-16)25-19(15-5-4-10-22-14-15)13-18(23-25)20(26)24-11-2-1-3-12-24/h4-10,13-14H,1-3,11-12H2. The van der Waals surface area contributed by atoms with E-state index in [1.54, 1.807) is 35.3 Å². The third-order valence-electron chi connectivity index (χ3n) is 4.60. The Hall–Kier alpha value is -3.02. The zero-order chi connectivity index (χ0) is 17.9. The van der Waals surface area contributed by atoms with E-state index in [4.69, 9.17) is 0 Å². The van der Waals surface area contributed by atoms with Gasteiger partial charge < -0.3 is 4.90 Å². The van der Waals surface area contributed by atoms with Crippen LogP contribution in [0, 0.1) is 5.82 Å². The molecule has 0 bridgehead atoms. The number of rotatable bonds is 3. The SMILES string of the molecule is O=C(c1cc(-c2cccnc2)n(-c2ccc(F)cc2)n1)N1CCCCC1. The first-order chi connectivity index (χ1) is 12.7. The molecule has 1 aromatic carbocycles. The van der Waals surface area contributed by atoms with E-state index in [-0.39, 0.29) is 11.7 Å². The first-order valence-corrected chi connectivity index (χ1v) is 8.78. The third-order valence-corrected chi connectivity index (χ3v) is 4.60. The van der Waals surface area contributed by atoms with Crippen LogP contribution >= 0.6 is 0 Å². The minimum absolute atomic E-state index is 0.0595. The summed E-state index contributed by atoms with van der Waals surface area (Å²) in [5.74, 6) is -0.371. The van der Waals surface area contributed by atoms with Crippen molar-refractivity contribution >= 4 is 5.91 Å². The Balaban J connectivity index is 1.77. The zero-order valence-electron chi connectivity index (χ0n) is 14.3. The number of likely N-dealkylation sites (tertiary alicyclic amines) is 1. The largest absolute Gasteiger partial charge is 0.337 e. The Morgan fingerprint density at radius 1 is 1.04 bits per heavy atom. The van der Waals surface area contributed by atoms with Gasteiger partial charge in [0, 0.05) is 31.0 Å². The Morgan fingerprint density at radius 2 is 1.81 bits per heavy atom. The van der Waals surface area contributed by atoms with Crippen molar-refractivity contribution in [1.29, 1.82) is 0 Å². The molecule has 3 aromatic rings. The summed E-state index contributed by atoms with van der Waals surface area (Å²) in [4.78, 5) is 18.9. The molecule has 1 fully saturated rings. The molecule has 0 aliphatic carbocycles. The molecule has 0 saturated carbocycles. The van der Waals surface area contributed by atoms with Gasteiger partial charge in [-0.05, 0) is 61.7 Å². The van der Waals surface area contributed by atoms with Crippen molar-refractivity contribution in [1.82, 2.24) is 19.7 Å². The maximum Gasteiger partial charge on any atom is 0.274 e. The van der Waals surface area contributed by atoms with Crippen molar-refractivity contribution in [2.45, 2.75) is 19.3 Å². The van der Waals surface area contributed by atoms with E-state index >= 15 is 0 Å². The molecule has 0 unspecified atom stereocenters. The fourth-order valence-electron chi connectivity index (χ4n) is 3.24. The summed E-state index contributed by atoms with van der Waals surface area (Å²) in [6.07, 6.45) is 6.64. The van der Waals surface area contributed by atoms with Gasteiger partial charge in [-0.3, -0.25) is 9.78 Å². The first-order valence-electron chi connectivity index (χ1n) is 8.78. The molecule has 4 rings (SSSR count). The number of benzene rings is 1. The summed E-state index contributed by atoms with van der Waals surface area (Å²) in [5, 5.41) is 4.54. The van der Waals surface area contributed by atoms with E-state index in [1.165, 1.54) is 12.1 Å². The number of hydrogen-bond acceptors (Lipinski definition) is 3. The topological polar surface area (TPSA) is 51.0 Å². The van der Waals surface area contributed by atoms with Gasteiger partial charge in [-0.15, -0.1) is 0 Å². The lowest BCUT2D eigenvalue weighted by molar-refractivity contribution is 0.0718. The Labute approximate surface area is 151 Å². The summed E-state index contributed by atoms with van der Waals surface area (Å²) < 4.78 is 15.0. The summed E-state index contributed by atoms with van der Waals surface area (Å²) in [6, 6.07) is 11.6. The lowest BCUT2D eigenvalue weighted by Crippen LogP contribution is -2.35. The predicted octanol–water partition coefficient (Wildman–Crippen LogP) is 3.70. The van der Waals surface area contributed by atoms with Gasteiger partial charge in [0.05, 0.1) is 11.4 Å². The van der Waals surface area contributed by atoms with Gasteiger partial charge in [-0.25, -0.2) is 9.07 Å². The highest BCUT2D eigenvalue weighted by Gasteiger charge is 2.23. The van der Waals surface area contributed by atoms with Gasteiger partial charge >= 0.3 is 0 Å². The van der Waals surface area contributed by atoms with Crippen LogP contribution in [0.5, 0.6) is 0 Å². The number of amides is 1. The molecule has 132 valence electrons. The van der Waals surface area contributed by atoms with Crippen LogP contribution in [-0.4, -0.2) is 38.7 Å². The van der Waals surface area contributed by atoms with Gasteiger partial charge in [0.15, 0.2) is 5.69 Å². The van der Waals surface area contributed by atoms with Crippen LogP contribution in [0.4, 0.5) is 4.39 Å². The molecule has 0 spiro atoms. The number of nitrogens with zero attached hydrogens (tertiary/aromatic N) is 4. The number of aromatic nitrogens is 3. The summed E-state index contributed by atoms with van der Waals surface area (Å²) in [5.41, 5.74) is 2.70. The molecule has 3 heterocycles. The van der Waals surface area contributed by atoms with Gasteiger partial charge in [-0.1, -0.05) is 0 Å². The van der Waals surface area contributed by atoms with Crippen molar-refractivity contribution < 1.29 is 9.18 Å². The molecule has 1 saturated heterocycles. The van der Waals surface area contributed by atoms with Crippen LogP contribution in [0.2, 0.25) is 0 Å². The van der Waals surface area contributed by atoms with Crippen LogP contribution in [0.25, 0.3) is 16.9 Å². The second-order valence-electron chi connectivity index (χ2n) is 6.40. The number of piperidine rings is 1. The molecule has 0 radical (unpaired) electrons. The van der Waals surface area contributed by atoms with E-state index in [0.717, 1.165) is 43.6 Å². The Bertz CT molecular complexity index is 899. The number of hydrogen-bond donors (Lipinski definition) is 0. The molecule has 1 aliphatic heterocycles. The number of pyridine rings is 1. The average molecular weight is 350 g/mol.